The summed E-state index contributed by atoms with van der Waals surface area (Å²) < 4.78 is 87.7. The molecule has 0 aliphatic carbocycles. The number of hydrogen-bond donors (Lipinski definition) is 1. The highest BCUT2D eigenvalue weighted by atomic mass is 15.0. The number of nitrogens with one attached hydrogen (secondary N) is 1. The second-order valence-corrected chi connectivity index (χ2v) is 7.57. The average Bonchev–Trinajstić information content (AvgIpc) is 3.58. The molecular formula is C30H20N2. The summed E-state index contributed by atoms with van der Waals surface area (Å²) in [6.07, 6.45) is 0. The molecular weight excluding hydrogens is 388 g/mol. The lowest BCUT2D eigenvalue weighted by molar-refractivity contribution is 1.18. The quantitative estimate of drug-likeness (QED) is 0.293. The molecule has 0 aliphatic rings. The van der Waals surface area contributed by atoms with Gasteiger partial charge in [-0.1, -0.05) is 90.8 Å². The van der Waals surface area contributed by atoms with Crippen LogP contribution in [-0.4, -0.2) is 9.55 Å². The minimum absolute atomic E-state index is 0.0748. The highest BCUT2D eigenvalue weighted by molar-refractivity contribution is 6.22. The summed E-state index contributed by atoms with van der Waals surface area (Å²) in [6.45, 7) is 0. The number of H-pyrrole nitrogens is 1. The zero-order valence-electron chi connectivity index (χ0n) is 26.6. The monoisotopic (exact) mass is 418 g/mol. The van der Waals surface area contributed by atoms with Gasteiger partial charge in [-0.25, -0.2) is 0 Å². The van der Waals surface area contributed by atoms with Crippen LogP contribution in [0.25, 0.3) is 60.4 Å². The summed E-state index contributed by atoms with van der Waals surface area (Å²) in [6, 6.07) is 13.3. The topological polar surface area (TPSA) is 20.7 Å². The fraction of sp³-hybridized carbons (Fsp3) is 0. The molecule has 150 valence electrons. The predicted octanol–water partition coefficient (Wildman–Crippen LogP) is 8.09. The molecule has 0 saturated carbocycles. The molecule has 32 heavy (non-hydrogen) atoms. The zero-order chi connectivity index (χ0) is 29.8. The van der Waals surface area contributed by atoms with E-state index in [0.717, 1.165) is 11.1 Å². The lowest BCUT2D eigenvalue weighted by atomic mass is 10.1. The van der Waals surface area contributed by atoms with Crippen LogP contribution in [0.2, 0.25) is 0 Å². The molecule has 2 aromatic heterocycles. The number of hydrogen-bond acceptors (Lipinski definition) is 0. The van der Waals surface area contributed by atoms with E-state index in [-0.39, 0.29) is 79.9 Å². The van der Waals surface area contributed by atoms with Crippen molar-refractivity contribution in [3.8, 4) is 16.8 Å². The Hall–Kier alpha value is -4.30. The SMILES string of the molecule is [2H]c1c([2H])c([2H])c2c([nH]c3c2c([2H])c([2H])c2c4c([2H])c([2H])c([2H])c([2H])c4n(-c4cccc(-c5ccccc5)c4)c32)c1[2H]. The van der Waals surface area contributed by atoms with Gasteiger partial charge in [-0.3, -0.25) is 0 Å². The first-order chi connectivity index (χ1) is 20.0. The number of rotatable bonds is 2. The van der Waals surface area contributed by atoms with E-state index in [0.29, 0.717) is 5.69 Å². The molecule has 7 aromatic rings. The summed E-state index contributed by atoms with van der Waals surface area (Å²) in [5, 5.41) is 0.403. The third-order valence-electron chi connectivity index (χ3n) is 5.80. The molecule has 2 heteroatoms. The van der Waals surface area contributed by atoms with Crippen molar-refractivity contribution in [2.45, 2.75) is 0 Å². The number of nitrogens with zero attached hydrogens (tertiary/aromatic N) is 1. The Labute approximate surface area is 199 Å². The maximum atomic E-state index is 9.07. The third kappa shape index (κ3) is 2.41. The standard InChI is InChI=1S/C30H20N2/c1-2-9-20(10-3-1)21-11-8-12-22(19-21)32-28-16-7-5-14-24(28)26-18-17-25-23-13-4-6-15-27(23)31-29(25)30(26)32/h1-19,31H/i4D,5D,6D,7D,13D,14D,15D,16D,17D,18D. The molecule has 0 amide bonds. The van der Waals surface area contributed by atoms with E-state index < -0.39 is 24.2 Å². The average molecular weight is 419 g/mol. The van der Waals surface area contributed by atoms with Crippen molar-refractivity contribution in [3.63, 3.8) is 0 Å². The molecule has 0 atom stereocenters. The number of benzene rings is 5. The van der Waals surface area contributed by atoms with Gasteiger partial charge in [-0.05, 0) is 35.3 Å². The van der Waals surface area contributed by atoms with Crippen LogP contribution < -0.4 is 0 Å². The third-order valence-corrected chi connectivity index (χ3v) is 5.80. The van der Waals surface area contributed by atoms with E-state index in [1.54, 1.807) is 10.6 Å². The Bertz CT molecular complexity index is 2300. The van der Waals surface area contributed by atoms with E-state index >= 15 is 0 Å². The molecule has 1 N–H and O–H groups in total. The second-order valence-electron chi connectivity index (χ2n) is 7.57. The van der Waals surface area contributed by atoms with E-state index in [4.69, 9.17) is 13.7 Å². The lowest BCUT2D eigenvalue weighted by Crippen LogP contribution is -1.95. The van der Waals surface area contributed by atoms with Crippen molar-refractivity contribution in [2.75, 3.05) is 0 Å². The van der Waals surface area contributed by atoms with Gasteiger partial charge in [0.25, 0.3) is 0 Å². The molecule has 5 aromatic carbocycles. The first-order valence-electron chi connectivity index (χ1n) is 15.2. The van der Waals surface area contributed by atoms with Crippen molar-refractivity contribution < 1.29 is 13.7 Å². The summed E-state index contributed by atoms with van der Waals surface area (Å²) >= 11 is 0. The van der Waals surface area contributed by atoms with Gasteiger partial charge in [-0.15, -0.1) is 0 Å². The smallest absolute Gasteiger partial charge is 0.0783 e. The van der Waals surface area contributed by atoms with E-state index in [9.17, 15) is 0 Å². The van der Waals surface area contributed by atoms with Crippen LogP contribution >= 0.6 is 0 Å². The van der Waals surface area contributed by atoms with Gasteiger partial charge in [0.2, 0.25) is 0 Å². The fourth-order valence-electron chi connectivity index (χ4n) is 4.40. The molecule has 7 rings (SSSR count). The highest BCUT2D eigenvalue weighted by Crippen LogP contribution is 2.39. The maximum Gasteiger partial charge on any atom is 0.0783 e. The van der Waals surface area contributed by atoms with Crippen LogP contribution in [0.1, 0.15) is 13.7 Å². The van der Waals surface area contributed by atoms with E-state index in [2.05, 4.69) is 4.98 Å². The molecule has 0 radical (unpaired) electrons. The largest absolute Gasteiger partial charge is 0.353 e. The zero-order valence-corrected chi connectivity index (χ0v) is 16.6. The van der Waals surface area contributed by atoms with Crippen LogP contribution in [-0.2, 0) is 0 Å². The Morgan fingerprint density at radius 1 is 0.625 bits per heavy atom. The normalized spacial score (nSPS) is 16.1. The van der Waals surface area contributed by atoms with Crippen LogP contribution in [0.4, 0.5) is 0 Å². The summed E-state index contributed by atoms with van der Waals surface area (Å²) in [5.74, 6) is 0. The van der Waals surface area contributed by atoms with Gasteiger partial charge < -0.3 is 9.55 Å². The number of para-hydroxylation sites is 2. The maximum absolute atomic E-state index is 9.07. The molecule has 2 heterocycles. The van der Waals surface area contributed by atoms with Crippen molar-refractivity contribution >= 4 is 43.6 Å². The van der Waals surface area contributed by atoms with Crippen molar-refractivity contribution in [1.29, 1.82) is 0 Å². The Kier molecular flexibility index (Phi) is 2.13. The predicted molar refractivity (Wildman–Crippen MR) is 136 cm³/mol. The van der Waals surface area contributed by atoms with Crippen LogP contribution in [0, 0.1) is 0 Å². The lowest BCUT2D eigenvalue weighted by Gasteiger charge is -2.11. The van der Waals surface area contributed by atoms with Crippen LogP contribution in [0.5, 0.6) is 0 Å². The van der Waals surface area contributed by atoms with Crippen molar-refractivity contribution in [3.05, 3.63) is 115 Å². The summed E-state index contributed by atoms with van der Waals surface area (Å²) in [4.78, 5) is 3.10. The Balaban J connectivity index is 1.79. The van der Waals surface area contributed by atoms with Gasteiger partial charge >= 0.3 is 0 Å². The number of fused-ring (bicyclic) bond motifs is 7. The molecule has 0 unspecified atom stereocenters. The molecule has 0 bridgehead atoms. The van der Waals surface area contributed by atoms with E-state index in [1.807, 2.05) is 48.5 Å². The molecule has 2 nitrogen and oxygen atoms in total. The molecule has 0 fully saturated rings. The first kappa shape index (κ1) is 10.3. The van der Waals surface area contributed by atoms with Crippen molar-refractivity contribution in [1.82, 2.24) is 9.55 Å². The van der Waals surface area contributed by atoms with E-state index in [1.165, 1.54) is 0 Å². The summed E-state index contributed by atoms with van der Waals surface area (Å²) in [7, 11) is 0. The Morgan fingerprint density at radius 3 is 2.28 bits per heavy atom. The second kappa shape index (κ2) is 6.60. The number of aromatic nitrogens is 2. The fourth-order valence-corrected chi connectivity index (χ4v) is 4.40. The van der Waals surface area contributed by atoms with Crippen LogP contribution in [0.3, 0.4) is 0 Å². The molecule has 0 saturated heterocycles. The molecule has 0 spiro atoms. The molecule has 0 aliphatic heterocycles. The highest BCUT2D eigenvalue weighted by Gasteiger charge is 2.17. The Morgan fingerprint density at radius 2 is 1.38 bits per heavy atom. The van der Waals surface area contributed by atoms with Gasteiger partial charge in [0, 0.05) is 32.7 Å². The van der Waals surface area contributed by atoms with Crippen molar-refractivity contribution in [2.24, 2.45) is 0 Å². The summed E-state index contributed by atoms with van der Waals surface area (Å²) in [5.41, 5.74) is 3.04. The number of aromatic amines is 1. The van der Waals surface area contributed by atoms with Gasteiger partial charge in [0.05, 0.1) is 30.3 Å². The van der Waals surface area contributed by atoms with Gasteiger partial charge in [-0.2, -0.15) is 0 Å². The van der Waals surface area contributed by atoms with Gasteiger partial charge in [0.15, 0.2) is 0 Å². The first-order valence-corrected chi connectivity index (χ1v) is 10.2. The van der Waals surface area contributed by atoms with Crippen LogP contribution in [0.15, 0.2) is 115 Å². The van der Waals surface area contributed by atoms with Gasteiger partial charge in [0.1, 0.15) is 0 Å². The minimum atomic E-state index is -0.466. The minimum Gasteiger partial charge on any atom is -0.353 e.